The van der Waals surface area contributed by atoms with Crippen LogP contribution in [0.15, 0.2) is 54.6 Å². The summed E-state index contributed by atoms with van der Waals surface area (Å²) in [7, 11) is 0. The van der Waals surface area contributed by atoms with Crippen molar-refractivity contribution in [2.24, 2.45) is 0 Å². The van der Waals surface area contributed by atoms with Gasteiger partial charge in [0.1, 0.15) is 0 Å². The minimum absolute atomic E-state index is 0. The predicted molar refractivity (Wildman–Crippen MR) is 66.7 cm³/mol. The van der Waals surface area contributed by atoms with Crippen LogP contribution in [0.3, 0.4) is 0 Å². The minimum atomic E-state index is -0.0764. The summed E-state index contributed by atoms with van der Waals surface area (Å²) >= 11 is 0. The van der Waals surface area contributed by atoms with Crippen LogP contribution in [0.2, 0.25) is 0 Å². The molecule has 0 atom stereocenters. The number of phenolic OH excluding ortho intramolecular Hbond substituents is 2. The van der Waals surface area contributed by atoms with Crippen LogP contribution in [0.1, 0.15) is 5.56 Å². The third-order valence-electron chi connectivity index (χ3n) is 1.82. The van der Waals surface area contributed by atoms with E-state index in [1.54, 1.807) is 12.1 Å². The van der Waals surface area contributed by atoms with Crippen molar-refractivity contribution in [3.8, 4) is 11.5 Å². The summed E-state index contributed by atoms with van der Waals surface area (Å²) in [5.74, 6) is -0.153. The van der Waals surface area contributed by atoms with Crippen molar-refractivity contribution >= 4 is 8.41 Å². The highest BCUT2D eigenvalue weighted by atomic mass is 16.3. The Morgan fingerprint density at radius 2 is 1.06 bits per heavy atom. The van der Waals surface area contributed by atoms with Crippen molar-refractivity contribution in [2.75, 3.05) is 0 Å². The Morgan fingerprint density at radius 1 is 0.688 bits per heavy atom. The first-order valence-electron chi connectivity index (χ1n) is 4.69. The Morgan fingerprint density at radius 3 is 1.31 bits per heavy atom. The van der Waals surface area contributed by atoms with Gasteiger partial charge in [0, 0.05) is 8.41 Å². The van der Waals surface area contributed by atoms with Gasteiger partial charge in [-0.05, 0) is 19.1 Å². The highest BCUT2D eigenvalue weighted by Gasteiger charge is 1.90. The number of benzene rings is 2. The number of aryl methyl sites for hydroxylation is 1. The molecule has 0 heterocycles. The maximum atomic E-state index is 8.67. The zero-order valence-corrected chi connectivity index (χ0v) is 9.17. The van der Waals surface area contributed by atoms with Gasteiger partial charge in [-0.2, -0.15) is 0 Å². The topological polar surface area (TPSA) is 40.5 Å². The summed E-state index contributed by atoms with van der Waals surface area (Å²) in [6.45, 7) is 2.08. The van der Waals surface area contributed by atoms with E-state index in [4.69, 9.17) is 10.2 Å². The Labute approximate surface area is 97.8 Å². The maximum absolute atomic E-state index is 8.67. The zero-order valence-electron chi connectivity index (χ0n) is 9.17. The van der Waals surface area contributed by atoms with Crippen LogP contribution >= 0.6 is 0 Å². The average Bonchev–Trinajstić information content (AvgIpc) is 2.25. The first kappa shape index (κ1) is 14.1. The minimum Gasteiger partial charge on any atom is -0.504 e. The summed E-state index contributed by atoms with van der Waals surface area (Å²) in [6, 6.07) is 16.4. The normalized spacial score (nSPS) is 8.31. The molecule has 3 heteroatoms. The average molecular weight is 213 g/mol. The molecule has 0 aliphatic carbocycles. The third-order valence-corrected chi connectivity index (χ3v) is 1.82. The van der Waals surface area contributed by atoms with Gasteiger partial charge in [0.25, 0.3) is 0 Å². The summed E-state index contributed by atoms with van der Waals surface area (Å²) in [4.78, 5) is 0. The zero-order chi connectivity index (χ0) is 11.1. The Bertz CT molecular complexity index is 381. The molecular weight excluding hydrogens is 199 g/mol. The van der Waals surface area contributed by atoms with Gasteiger partial charge in [-0.15, -0.1) is 0 Å². The fraction of sp³-hybridized carbons (Fsp3) is 0.0769. The molecule has 0 fully saturated rings. The second-order valence-electron chi connectivity index (χ2n) is 3.14. The van der Waals surface area contributed by atoms with Crippen LogP contribution in [0, 0.1) is 6.92 Å². The lowest BCUT2D eigenvalue weighted by molar-refractivity contribution is 0.404. The van der Waals surface area contributed by atoms with Crippen molar-refractivity contribution < 1.29 is 10.2 Å². The first-order chi connectivity index (χ1) is 7.20. The van der Waals surface area contributed by atoms with Crippen LogP contribution in [-0.2, 0) is 0 Å². The summed E-state index contributed by atoms with van der Waals surface area (Å²) in [5.41, 5.74) is 1.32. The van der Waals surface area contributed by atoms with E-state index < -0.39 is 0 Å². The van der Waals surface area contributed by atoms with E-state index in [0.29, 0.717) is 0 Å². The monoisotopic (exact) mass is 213 g/mol. The SMILES string of the molecule is Cc1ccccc1.Oc1ccccc1O.[B]. The van der Waals surface area contributed by atoms with E-state index >= 15 is 0 Å². The van der Waals surface area contributed by atoms with Crippen molar-refractivity contribution in [2.45, 2.75) is 6.92 Å². The molecule has 2 rings (SSSR count). The van der Waals surface area contributed by atoms with Gasteiger partial charge in [-0.1, -0.05) is 48.0 Å². The molecule has 16 heavy (non-hydrogen) atoms. The van der Waals surface area contributed by atoms with Crippen molar-refractivity contribution in [3.63, 3.8) is 0 Å². The lowest BCUT2D eigenvalue weighted by atomic mass is 10.2. The van der Waals surface area contributed by atoms with Gasteiger partial charge in [0.15, 0.2) is 11.5 Å². The molecule has 2 nitrogen and oxygen atoms in total. The van der Waals surface area contributed by atoms with Crippen LogP contribution in [0.5, 0.6) is 11.5 Å². The lowest BCUT2D eigenvalue weighted by Gasteiger charge is -1.91. The maximum Gasteiger partial charge on any atom is 0.157 e. The molecule has 0 saturated heterocycles. The third kappa shape index (κ3) is 5.10. The van der Waals surface area contributed by atoms with Crippen molar-refractivity contribution in [1.29, 1.82) is 0 Å². The van der Waals surface area contributed by atoms with Gasteiger partial charge in [-0.25, -0.2) is 0 Å². The number of hydrogen-bond donors (Lipinski definition) is 2. The number of para-hydroxylation sites is 2. The van der Waals surface area contributed by atoms with Crippen molar-refractivity contribution in [3.05, 3.63) is 60.2 Å². The number of aromatic hydroxyl groups is 2. The fourth-order valence-electron chi connectivity index (χ4n) is 0.999. The quantitative estimate of drug-likeness (QED) is 0.521. The lowest BCUT2D eigenvalue weighted by Crippen LogP contribution is -1.63. The van der Waals surface area contributed by atoms with E-state index in [2.05, 4.69) is 19.1 Å². The molecule has 0 bridgehead atoms. The van der Waals surface area contributed by atoms with E-state index in [9.17, 15) is 0 Å². The Hall–Kier alpha value is -1.90. The summed E-state index contributed by atoms with van der Waals surface area (Å²) in [6.07, 6.45) is 0. The Kier molecular flexibility index (Phi) is 6.53. The molecule has 2 aromatic rings. The molecule has 2 aromatic carbocycles. The number of phenols is 2. The number of rotatable bonds is 0. The van der Waals surface area contributed by atoms with Gasteiger partial charge in [0.2, 0.25) is 0 Å². The van der Waals surface area contributed by atoms with Crippen LogP contribution in [-0.4, -0.2) is 18.6 Å². The molecule has 0 saturated carbocycles. The predicted octanol–water partition coefficient (Wildman–Crippen LogP) is 2.71. The number of hydrogen-bond acceptors (Lipinski definition) is 2. The van der Waals surface area contributed by atoms with E-state index in [0.717, 1.165) is 0 Å². The van der Waals surface area contributed by atoms with E-state index in [-0.39, 0.29) is 19.9 Å². The molecule has 0 spiro atoms. The standard InChI is InChI=1S/C7H8.C6H6O2.B/c1-7-5-3-2-4-6-7;7-5-3-1-2-4-6(5)8;/h2-6H,1H3;1-4,7-8H;. The van der Waals surface area contributed by atoms with E-state index in [1.165, 1.54) is 17.7 Å². The largest absolute Gasteiger partial charge is 0.504 e. The molecule has 0 aromatic heterocycles. The Balaban J connectivity index is 0.000000267. The first-order valence-corrected chi connectivity index (χ1v) is 4.69. The van der Waals surface area contributed by atoms with Gasteiger partial charge >= 0.3 is 0 Å². The van der Waals surface area contributed by atoms with Gasteiger partial charge in [-0.3, -0.25) is 0 Å². The fourth-order valence-corrected chi connectivity index (χ4v) is 0.999. The molecule has 0 unspecified atom stereocenters. The molecule has 81 valence electrons. The molecular formula is C13H14BO2. The van der Waals surface area contributed by atoms with E-state index in [1.807, 2.05) is 18.2 Å². The van der Waals surface area contributed by atoms with Crippen LogP contribution in [0.25, 0.3) is 0 Å². The molecule has 2 N–H and O–H groups in total. The molecule has 0 aliphatic heterocycles. The van der Waals surface area contributed by atoms with Crippen LogP contribution < -0.4 is 0 Å². The highest BCUT2D eigenvalue weighted by Crippen LogP contribution is 2.21. The molecule has 0 aliphatic rings. The molecule has 3 radical (unpaired) electrons. The highest BCUT2D eigenvalue weighted by molar-refractivity contribution is 5.75. The second kappa shape index (κ2) is 7.40. The van der Waals surface area contributed by atoms with Crippen LogP contribution in [0.4, 0.5) is 0 Å². The van der Waals surface area contributed by atoms with Gasteiger partial charge in [0.05, 0.1) is 0 Å². The summed E-state index contributed by atoms with van der Waals surface area (Å²) < 4.78 is 0. The smallest absolute Gasteiger partial charge is 0.157 e. The molecule has 0 amide bonds. The van der Waals surface area contributed by atoms with Gasteiger partial charge < -0.3 is 10.2 Å². The summed E-state index contributed by atoms with van der Waals surface area (Å²) in [5, 5.41) is 17.3. The van der Waals surface area contributed by atoms with Crippen molar-refractivity contribution in [1.82, 2.24) is 0 Å². The second-order valence-corrected chi connectivity index (χ2v) is 3.14.